The second kappa shape index (κ2) is 5.10. The first-order valence-electron chi connectivity index (χ1n) is 6.51. The quantitative estimate of drug-likeness (QED) is 0.803. The Morgan fingerprint density at radius 3 is 2.64 bits per heavy atom. The molecule has 0 saturated carbocycles. The van der Waals surface area contributed by atoms with Crippen LogP contribution in [0.15, 0.2) is 45.7 Å². The van der Waals surface area contributed by atoms with E-state index in [0.717, 1.165) is 6.07 Å². The number of nitrogens with one attached hydrogen (secondary N) is 1. The van der Waals surface area contributed by atoms with Crippen LogP contribution >= 0.6 is 0 Å². The van der Waals surface area contributed by atoms with E-state index in [4.69, 9.17) is 4.42 Å². The van der Waals surface area contributed by atoms with E-state index in [9.17, 15) is 12.8 Å². The van der Waals surface area contributed by atoms with Crippen LogP contribution in [0.1, 0.15) is 11.5 Å². The lowest BCUT2D eigenvalue weighted by Gasteiger charge is -2.10. The SMILES string of the molecule is Cc1nc2cc(NS(=O)(=O)c3ccc(F)cc3C)ccc2o1. The summed E-state index contributed by atoms with van der Waals surface area (Å²) in [6.45, 7) is 3.26. The number of hydrogen-bond acceptors (Lipinski definition) is 4. The number of sulfonamides is 1. The van der Waals surface area contributed by atoms with Gasteiger partial charge in [0.1, 0.15) is 11.3 Å². The van der Waals surface area contributed by atoms with Crippen molar-refractivity contribution in [3.05, 3.63) is 53.7 Å². The average Bonchev–Trinajstić information content (AvgIpc) is 2.77. The van der Waals surface area contributed by atoms with E-state index in [1.807, 2.05) is 0 Å². The van der Waals surface area contributed by atoms with Gasteiger partial charge in [0.25, 0.3) is 10.0 Å². The van der Waals surface area contributed by atoms with Gasteiger partial charge in [-0.1, -0.05) is 0 Å². The number of nitrogens with zero attached hydrogens (tertiary/aromatic N) is 1. The van der Waals surface area contributed by atoms with Crippen LogP contribution in [0.5, 0.6) is 0 Å². The van der Waals surface area contributed by atoms with E-state index < -0.39 is 15.8 Å². The summed E-state index contributed by atoms with van der Waals surface area (Å²) in [5.41, 5.74) is 1.85. The normalized spacial score (nSPS) is 11.8. The maximum Gasteiger partial charge on any atom is 0.262 e. The molecule has 1 heterocycles. The predicted molar refractivity (Wildman–Crippen MR) is 80.7 cm³/mol. The maximum atomic E-state index is 13.1. The molecule has 0 aliphatic heterocycles. The number of aryl methyl sites for hydroxylation is 2. The fourth-order valence-corrected chi connectivity index (χ4v) is 3.51. The first kappa shape index (κ1) is 14.5. The van der Waals surface area contributed by atoms with Crippen LogP contribution in [0.2, 0.25) is 0 Å². The highest BCUT2D eigenvalue weighted by atomic mass is 32.2. The number of oxazole rings is 1. The second-order valence-corrected chi connectivity index (χ2v) is 6.58. The van der Waals surface area contributed by atoms with Crippen molar-refractivity contribution in [3.63, 3.8) is 0 Å². The van der Waals surface area contributed by atoms with Crippen molar-refractivity contribution in [1.29, 1.82) is 0 Å². The molecule has 0 bridgehead atoms. The van der Waals surface area contributed by atoms with Gasteiger partial charge in [-0.15, -0.1) is 0 Å². The van der Waals surface area contributed by atoms with E-state index in [-0.39, 0.29) is 4.90 Å². The van der Waals surface area contributed by atoms with Crippen molar-refractivity contribution in [2.75, 3.05) is 4.72 Å². The zero-order chi connectivity index (χ0) is 15.9. The van der Waals surface area contributed by atoms with Gasteiger partial charge in [-0.25, -0.2) is 17.8 Å². The number of fused-ring (bicyclic) bond motifs is 1. The minimum atomic E-state index is -3.80. The predicted octanol–water partition coefficient (Wildman–Crippen LogP) is 3.38. The molecule has 0 aliphatic carbocycles. The Bertz CT molecular complexity index is 964. The van der Waals surface area contributed by atoms with Crippen LogP contribution in [-0.4, -0.2) is 13.4 Å². The van der Waals surface area contributed by atoms with Gasteiger partial charge in [0.05, 0.1) is 10.6 Å². The van der Waals surface area contributed by atoms with Gasteiger partial charge in [0, 0.05) is 6.92 Å². The molecular weight excluding hydrogens is 307 g/mol. The fraction of sp³-hybridized carbons (Fsp3) is 0.133. The lowest BCUT2D eigenvalue weighted by atomic mass is 10.2. The minimum Gasteiger partial charge on any atom is -0.441 e. The molecule has 0 fully saturated rings. The molecule has 0 radical (unpaired) electrons. The van der Waals surface area contributed by atoms with Crippen LogP contribution in [0.25, 0.3) is 11.1 Å². The molecule has 0 saturated heterocycles. The second-order valence-electron chi connectivity index (χ2n) is 4.93. The lowest BCUT2D eigenvalue weighted by Crippen LogP contribution is -2.14. The van der Waals surface area contributed by atoms with Gasteiger partial charge in [-0.3, -0.25) is 4.72 Å². The van der Waals surface area contributed by atoms with Gasteiger partial charge in [0.2, 0.25) is 0 Å². The monoisotopic (exact) mass is 320 g/mol. The average molecular weight is 320 g/mol. The summed E-state index contributed by atoms with van der Waals surface area (Å²) in [7, 11) is -3.80. The Labute approximate surface area is 126 Å². The van der Waals surface area contributed by atoms with Crippen LogP contribution < -0.4 is 4.72 Å². The third kappa shape index (κ3) is 2.67. The molecule has 7 heteroatoms. The van der Waals surface area contributed by atoms with Crippen LogP contribution in [0.4, 0.5) is 10.1 Å². The van der Waals surface area contributed by atoms with Crippen LogP contribution in [0.3, 0.4) is 0 Å². The summed E-state index contributed by atoms with van der Waals surface area (Å²) in [5, 5.41) is 0. The lowest BCUT2D eigenvalue weighted by molar-refractivity contribution is 0.561. The Kier molecular flexibility index (Phi) is 3.37. The fourth-order valence-electron chi connectivity index (χ4n) is 2.23. The van der Waals surface area contributed by atoms with Crippen molar-refractivity contribution < 1.29 is 17.2 Å². The first-order valence-corrected chi connectivity index (χ1v) is 8.00. The molecule has 2 aromatic carbocycles. The summed E-state index contributed by atoms with van der Waals surface area (Å²) >= 11 is 0. The third-order valence-corrected chi connectivity index (χ3v) is 4.71. The highest BCUT2D eigenvalue weighted by molar-refractivity contribution is 7.92. The van der Waals surface area contributed by atoms with Gasteiger partial charge in [0.15, 0.2) is 11.5 Å². The highest BCUT2D eigenvalue weighted by Crippen LogP contribution is 2.23. The molecule has 1 aromatic heterocycles. The standard InChI is InChI=1S/C15H13FN2O3S/c1-9-7-11(16)3-6-15(9)22(19,20)18-12-4-5-14-13(8-12)17-10(2)21-14/h3-8,18H,1-2H3. The molecule has 3 rings (SSSR count). The molecule has 0 aliphatic rings. The minimum absolute atomic E-state index is 0.0327. The van der Waals surface area contributed by atoms with E-state index in [1.165, 1.54) is 12.1 Å². The zero-order valence-corrected chi connectivity index (χ0v) is 12.7. The van der Waals surface area contributed by atoms with Crippen molar-refractivity contribution in [1.82, 2.24) is 4.98 Å². The van der Waals surface area contributed by atoms with Crippen LogP contribution in [0, 0.1) is 19.7 Å². The van der Waals surface area contributed by atoms with E-state index >= 15 is 0 Å². The molecule has 1 N–H and O–H groups in total. The number of rotatable bonds is 3. The van der Waals surface area contributed by atoms with E-state index in [1.54, 1.807) is 32.0 Å². The Morgan fingerprint density at radius 1 is 1.14 bits per heavy atom. The first-order chi connectivity index (χ1) is 10.3. The summed E-state index contributed by atoms with van der Waals surface area (Å²) in [6, 6.07) is 8.35. The summed E-state index contributed by atoms with van der Waals surface area (Å²) in [4.78, 5) is 4.19. The van der Waals surface area contributed by atoms with Crippen molar-refractivity contribution in [3.8, 4) is 0 Å². The Morgan fingerprint density at radius 2 is 1.91 bits per heavy atom. The van der Waals surface area contributed by atoms with Crippen molar-refractivity contribution in [2.24, 2.45) is 0 Å². The van der Waals surface area contributed by atoms with E-state index in [2.05, 4.69) is 9.71 Å². The smallest absolute Gasteiger partial charge is 0.262 e. The molecule has 3 aromatic rings. The number of aromatic nitrogens is 1. The van der Waals surface area contributed by atoms with E-state index in [0.29, 0.717) is 28.2 Å². The number of halogens is 1. The van der Waals surface area contributed by atoms with Crippen LogP contribution in [-0.2, 0) is 10.0 Å². The number of benzene rings is 2. The topological polar surface area (TPSA) is 72.2 Å². The Hall–Kier alpha value is -2.41. The third-order valence-electron chi connectivity index (χ3n) is 3.17. The summed E-state index contributed by atoms with van der Waals surface area (Å²) < 4.78 is 45.7. The highest BCUT2D eigenvalue weighted by Gasteiger charge is 2.18. The number of hydrogen-bond donors (Lipinski definition) is 1. The molecule has 0 spiro atoms. The maximum absolute atomic E-state index is 13.1. The number of anilines is 1. The summed E-state index contributed by atoms with van der Waals surface area (Å²) in [6.07, 6.45) is 0. The molecule has 0 unspecified atom stereocenters. The summed E-state index contributed by atoms with van der Waals surface area (Å²) in [5.74, 6) is 0.0281. The molecule has 114 valence electrons. The molecule has 0 amide bonds. The molecular formula is C15H13FN2O3S. The van der Waals surface area contributed by atoms with Gasteiger partial charge >= 0.3 is 0 Å². The molecule has 22 heavy (non-hydrogen) atoms. The molecule has 5 nitrogen and oxygen atoms in total. The largest absolute Gasteiger partial charge is 0.441 e. The Balaban J connectivity index is 1.98. The van der Waals surface area contributed by atoms with Gasteiger partial charge < -0.3 is 4.42 Å². The van der Waals surface area contributed by atoms with Crippen molar-refractivity contribution >= 4 is 26.8 Å². The molecule has 0 atom stereocenters. The van der Waals surface area contributed by atoms with Crippen molar-refractivity contribution in [2.45, 2.75) is 18.7 Å². The van der Waals surface area contributed by atoms with Gasteiger partial charge in [-0.05, 0) is 48.9 Å². The zero-order valence-electron chi connectivity index (χ0n) is 11.9. The van der Waals surface area contributed by atoms with Gasteiger partial charge in [-0.2, -0.15) is 0 Å².